The highest BCUT2D eigenvalue weighted by Crippen LogP contribution is 2.20. The van der Waals surface area contributed by atoms with Gasteiger partial charge in [0.25, 0.3) is 0 Å². The van der Waals surface area contributed by atoms with Crippen LogP contribution in [0, 0.1) is 0 Å². The van der Waals surface area contributed by atoms with Crippen molar-refractivity contribution in [1.82, 2.24) is 4.57 Å². The Morgan fingerprint density at radius 2 is 1.95 bits per heavy atom. The van der Waals surface area contributed by atoms with Gasteiger partial charge in [0.2, 0.25) is 0 Å². The van der Waals surface area contributed by atoms with Crippen LogP contribution in [-0.4, -0.2) is 22.2 Å². The molecule has 22 heavy (non-hydrogen) atoms. The smallest absolute Gasteiger partial charge is 0.352 e. The van der Waals surface area contributed by atoms with Crippen LogP contribution in [0.3, 0.4) is 0 Å². The Morgan fingerprint density at radius 3 is 2.59 bits per heavy atom. The quantitative estimate of drug-likeness (QED) is 0.752. The van der Waals surface area contributed by atoms with E-state index in [-0.39, 0.29) is 6.04 Å². The summed E-state index contributed by atoms with van der Waals surface area (Å²) in [5.74, 6) is -0.878. The SMILES string of the molecule is CCC(C)n1c(CCOCc2ccccc2)ccc1C(=O)O. The number of carbonyl (C=O) groups is 1. The molecule has 1 atom stereocenters. The van der Waals surface area contributed by atoms with E-state index in [0.29, 0.717) is 25.3 Å². The molecule has 0 saturated heterocycles. The number of aromatic nitrogens is 1. The molecule has 0 bridgehead atoms. The molecule has 118 valence electrons. The average Bonchev–Trinajstić information content (AvgIpc) is 2.96. The zero-order valence-corrected chi connectivity index (χ0v) is 13.2. The molecule has 1 unspecified atom stereocenters. The van der Waals surface area contributed by atoms with Gasteiger partial charge in [0.05, 0.1) is 13.2 Å². The van der Waals surface area contributed by atoms with Crippen LogP contribution in [0.15, 0.2) is 42.5 Å². The molecular formula is C18H23NO3. The number of ether oxygens (including phenoxy) is 1. The van der Waals surface area contributed by atoms with Crippen LogP contribution >= 0.6 is 0 Å². The van der Waals surface area contributed by atoms with Gasteiger partial charge in [-0.3, -0.25) is 0 Å². The van der Waals surface area contributed by atoms with E-state index in [0.717, 1.165) is 17.7 Å². The van der Waals surface area contributed by atoms with Crippen molar-refractivity contribution < 1.29 is 14.6 Å². The van der Waals surface area contributed by atoms with Crippen molar-refractivity contribution in [3.8, 4) is 0 Å². The molecule has 0 saturated carbocycles. The zero-order valence-electron chi connectivity index (χ0n) is 13.2. The van der Waals surface area contributed by atoms with Crippen molar-refractivity contribution in [2.45, 2.75) is 39.3 Å². The number of carboxylic acids is 1. The summed E-state index contributed by atoms with van der Waals surface area (Å²) in [7, 11) is 0. The lowest BCUT2D eigenvalue weighted by atomic mass is 10.2. The number of hydrogen-bond acceptors (Lipinski definition) is 2. The first-order valence-electron chi connectivity index (χ1n) is 7.68. The molecule has 1 N–H and O–H groups in total. The van der Waals surface area contributed by atoms with E-state index in [9.17, 15) is 9.90 Å². The summed E-state index contributed by atoms with van der Waals surface area (Å²) in [6, 6.07) is 13.8. The third-order valence-electron chi connectivity index (χ3n) is 3.87. The fourth-order valence-electron chi connectivity index (χ4n) is 2.51. The van der Waals surface area contributed by atoms with E-state index in [4.69, 9.17) is 4.74 Å². The molecular weight excluding hydrogens is 278 g/mol. The third-order valence-corrected chi connectivity index (χ3v) is 3.87. The Balaban J connectivity index is 1.96. The molecule has 0 fully saturated rings. The van der Waals surface area contributed by atoms with Crippen molar-refractivity contribution >= 4 is 5.97 Å². The van der Waals surface area contributed by atoms with E-state index in [2.05, 4.69) is 6.92 Å². The summed E-state index contributed by atoms with van der Waals surface area (Å²) in [6.07, 6.45) is 1.61. The van der Waals surface area contributed by atoms with Gasteiger partial charge in [-0.2, -0.15) is 0 Å². The van der Waals surface area contributed by atoms with Crippen LogP contribution in [0.4, 0.5) is 0 Å². The maximum atomic E-state index is 11.3. The van der Waals surface area contributed by atoms with Crippen LogP contribution < -0.4 is 0 Å². The maximum absolute atomic E-state index is 11.3. The van der Waals surface area contributed by atoms with Gasteiger partial charge in [0.1, 0.15) is 5.69 Å². The van der Waals surface area contributed by atoms with Crippen molar-refractivity contribution in [3.05, 3.63) is 59.4 Å². The number of carboxylic acid groups (broad SMARTS) is 1. The first kappa shape index (κ1) is 16.3. The average molecular weight is 301 g/mol. The molecule has 0 aliphatic carbocycles. The van der Waals surface area contributed by atoms with E-state index in [1.54, 1.807) is 6.07 Å². The van der Waals surface area contributed by atoms with Gasteiger partial charge in [0.15, 0.2) is 0 Å². The van der Waals surface area contributed by atoms with Crippen LogP contribution in [-0.2, 0) is 17.8 Å². The molecule has 0 amide bonds. The maximum Gasteiger partial charge on any atom is 0.352 e. The highest BCUT2D eigenvalue weighted by molar-refractivity contribution is 5.86. The Kier molecular flexibility index (Phi) is 5.78. The van der Waals surface area contributed by atoms with Gasteiger partial charge in [-0.15, -0.1) is 0 Å². The fourth-order valence-corrected chi connectivity index (χ4v) is 2.51. The van der Waals surface area contributed by atoms with E-state index in [1.165, 1.54) is 0 Å². The second kappa shape index (κ2) is 7.80. The predicted molar refractivity (Wildman–Crippen MR) is 86.2 cm³/mol. The van der Waals surface area contributed by atoms with Crippen LogP contribution in [0.25, 0.3) is 0 Å². The minimum absolute atomic E-state index is 0.172. The molecule has 2 aromatic rings. The van der Waals surface area contributed by atoms with Gasteiger partial charge in [-0.05, 0) is 31.0 Å². The number of benzene rings is 1. The van der Waals surface area contributed by atoms with Crippen LogP contribution in [0.5, 0.6) is 0 Å². The standard InChI is InChI=1S/C18H23NO3/c1-3-14(2)19-16(9-10-17(19)18(20)21)11-12-22-13-15-7-5-4-6-8-15/h4-10,14H,3,11-13H2,1-2H3,(H,20,21). The summed E-state index contributed by atoms with van der Waals surface area (Å²) < 4.78 is 7.61. The molecule has 1 aromatic carbocycles. The third kappa shape index (κ3) is 3.98. The van der Waals surface area contributed by atoms with Crippen LogP contribution in [0.1, 0.15) is 48.1 Å². The molecule has 0 spiro atoms. The monoisotopic (exact) mass is 301 g/mol. The molecule has 4 heteroatoms. The molecule has 2 rings (SSSR count). The second-order valence-corrected chi connectivity index (χ2v) is 5.43. The van der Waals surface area contributed by atoms with Gasteiger partial charge in [-0.1, -0.05) is 37.3 Å². The molecule has 4 nitrogen and oxygen atoms in total. The second-order valence-electron chi connectivity index (χ2n) is 5.43. The Labute approximate surface area is 131 Å². The lowest BCUT2D eigenvalue weighted by molar-refractivity contribution is 0.0681. The van der Waals surface area contributed by atoms with Crippen LogP contribution in [0.2, 0.25) is 0 Å². The summed E-state index contributed by atoms with van der Waals surface area (Å²) in [4.78, 5) is 11.3. The number of hydrogen-bond donors (Lipinski definition) is 1. The predicted octanol–water partition coefficient (Wildman–Crippen LogP) is 3.92. The number of rotatable bonds is 8. The highest BCUT2D eigenvalue weighted by atomic mass is 16.5. The zero-order chi connectivity index (χ0) is 15.9. The molecule has 1 heterocycles. The minimum Gasteiger partial charge on any atom is -0.477 e. The molecule has 1 aromatic heterocycles. The lowest BCUT2D eigenvalue weighted by Gasteiger charge is -2.18. The summed E-state index contributed by atoms with van der Waals surface area (Å²) in [6.45, 7) is 5.26. The Bertz CT molecular complexity index is 604. The topological polar surface area (TPSA) is 51.5 Å². The van der Waals surface area contributed by atoms with Crippen molar-refractivity contribution in [2.24, 2.45) is 0 Å². The lowest BCUT2D eigenvalue weighted by Crippen LogP contribution is -2.16. The normalized spacial score (nSPS) is 12.3. The first-order valence-corrected chi connectivity index (χ1v) is 7.68. The Hall–Kier alpha value is -2.07. The van der Waals surface area contributed by atoms with Crippen molar-refractivity contribution in [1.29, 1.82) is 0 Å². The summed E-state index contributed by atoms with van der Waals surface area (Å²) in [5, 5.41) is 9.29. The Morgan fingerprint density at radius 1 is 1.23 bits per heavy atom. The number of aromatic carboxylic acids is 1. The van der Waals surface area contributed by atoms with Gasteiger partial charge in [0, 0.05) is 18.2 Å². The van der Waals surface area contributed by atoms with E-state index < -0.39 is 5.97 Å². The highest BCUT2D eigenvalue weighted by Gasteiger charge is 2.17. The van der Waals surface area contributed by atoms with E-state index in [1.807, 2.05) is 47.9 Å². The summed E-state index contributed by atoms with van der Waals surface area (Å²) >= 11 is 0. The molecule has 0 aliphatic rings. The van der Waals surface area contributed by atoms with Gasteiger partial charge in [-0.25, -0.2) is 4.79 Å². The largest absolute Gasteiger partial charge is 0.477 e. The van der Waals surface area contributed by atoms with Crippen molar-refractivity contribution in [2.75, 3.05) is 6.61 Å². The molecule has 0 radical (unpaired) electrons. The van der Waals surface area contributed by atoms with Gasteiger partial charge < -0.3 is 14.4 Å². The first-order chi connectivity index (χ1) is 10.6. The number of nitrogens with zero attached hydrogens (tertiary/aromatic N) is 1. The van der Waals surface area contributed by atoms with Gasteiger partial charge >= 0.3 is 5.97 Å². The molecule has 0 aliphatic heterocycles. The fraction of sp³-hybridized carbons (Fsp3) is 0.389. The van der Waals surface area contributed by atoms with Crippen molar-refractivity contribution in [3.63, 3.8) is 0 Å². The minimum atomic E-state index is -0.878. The van der Waals surface area contributed by atoms with E-state index >= 15 is 0 Å². The summed E-state index contributed by atoms with van der Waals surface area (Å²) in [5.41, 5.74) is 2.51.